The average Bonchev–Trinajstić information content (AvgIpc) is 2.60. The molecule has 3 nitrogen and oxygen atoms in total. The summed E-state index contributed by atoms with van der Waals surface area (Å²) in [5.74, 6) is 0.113. The lowest BCUT2D eigenvalue weighted by Gasteiger charge is -2.43. The van der Waals surface area contributed by atoms with Crippen LogP contribution in [-0.4, -0.2) is 35.9 Å². The molecule has 3 atom stereocenters. The Bertz CT molecular complexity index is 681. The predicted octanol–water partition coefficient (Wildman–Crippen LogP) is 3.66. The van der Waals surface area contributed by atoms with Crippen LogP contribution < -0.4 is 5.32 Å². The maximum atomic E-state index is 11.6. The second-order valence-electron chi connectivity index (χ2n) is 6.85. The predicted molar refractivity (Wildman–Crippen MR) is 98.4 cm³/mol. The SMILES string of the molecule is CC(=O)c1ccc([C@@H](c2ccccc2)N2C[C@@H](C)NC[C@@H]2C)cc1. The fourth-order valence-electron chi connectivity index (χ4n) is 3.52. The van der Waals surface area contributed by atoms with E-state index in [1.165, 1.54) is 11.1 Å². The average molecular weight is 322 g/mol. The maximum Gasteiger partial charge on any atom is 0.159 e. The van der Waals surface area contributed by atoms with Gasteiger partial charge in [-0.15, -0.1) is 0 Å². The van der Waals surface area contributed by atoms with Crippen LogP contribution in [0.4, 0.5) is 0 Å². The van der Waals surface area contributed by atoms with Crippen LogP contribution in [-0.2, 0) is 0 Å². The van der Waals surface area contributed by atoms with Crippen molar-refractivity contribution in [2.75, 3.05) is 13.1 Å². The molecule has 0 unspecified atom stereocenters. The lowest BCUT2D eigenvalue weighted by Crippen LogP contribution is -2.55. The molecular weight excluding hydrogens is 296 g/mol. The Morgan fingerprint density at radius 2 is 1.67 bits per heavy atom. The van der Waals surface area contributed by atoms with Gasteiger partial charge in [-0.1, -0.05) is 54.6 Å². The van der Waals surface area contributed by atoms with Crippen LogP contribution in [0.5, 0.6) is 0 Å². The Hall–Kier alpha value is -1.97. The fraction of sp³-hybridized carbons (Fsp3) is 0.381. The van der Waals surface area contributed by atoms with E-state index in [2.05, 4.69) is 66.5 Å². The second kappa shape index (κ2) is 7.29. The van der Waals surface area contributed by atoms with E-state index in [0.717, 1.165) is 18.7 Å². The van der Waals surface area contributed by atoms with Gasteiger partial charge in [-0.3, -0.25) is 9.69 Å². The first-order chi connectivity index (χ1) is 11.6. The van der Waals surface area contributed by atoms with Crippen molar-refractivity contribution >= 4 is 5.78 Å². The number of hydrogen-bond acceptors (Lipinski definition) is 3. The largest absolute Gasteiger partial charge is 0.311 e. The molecule has 1 fully saturated rings. The van der Waals surface area contributed by atoms with Crippen LogP contribution in [0.3, 0.4) is 0 Å². The van der Waals surface area contributed by atoms with Crippen molar-refractivity contribution in [3.63, 3.8) is 0 Å². The molecule has 0 saturated carbocycles. The summed E-state index contributed by atoms with van der Waals surface area (Å²) in [6, 6.07) is 19.9. The van der Waals surface area contributed by atoms with Crippen molar-refractivity contribution in [2.45, 2.75) is 38.9 Å². The minimum atomic E-state index is 0.113. The van der Waals surface area contributed by atoms with Gasteiger partial charge in [-0.05, 0) is 31.9 Å². The van der Waals surface area contributed by atoms with Crippen molar-refractivity contribution in [1.29, 1.82) is 0 Å². The zero-order valence-electron chi connectivity index (χ0n) is 14.7. The minimum Gasteiger partial charge on any atom is -0.311 e. The number of carbonyl (C=O) groups is 1. The van der Waals surface area contributed by atoms with Crippen LogP contribution in [0, 0.1) is 0 Å². The zero-order chi connectivity index (χ0) is 17.1. The summed E-state index contributed by atoms with van der Waals surface area (Å²) < 4.78 is 0. The third kappa shape index (κ3) is 3.58. The molecule has 2 aromatic rings. The van der Waals surface area contributed by atoms with E-state index in [0.29, 0.717) is 12.1 Å². The summed E-state index contributed by atoms with van der Waals surface area (Å²) >= 11 is 0. The van der Waals surface area contributed by atoms with Gasteiger partial charge in [0, 0.05) is 30.7 Å². The first-order valence-corrected chi connectivity index (χ1v) is 8.71. The number of carbonyl (C=O) groups excluding carboxylic acids is 1. The van der Waals surface area contributed by atoms with E-state index in [9.17, 15) is 4.79 Å². The minimum absolute atomic E-state index is 0.113. The molecular formula is C21H26N2O. The molecule has 24 heavy (non-hydrogen) atoms. The Balaban J connectivity index is 2.00. The van der Waals surface area contributed by atoms with Gasteiger partial charge < -0.3 is 5.32 Å². The van der Waals surface area contributed by atoms with E-state index in [4.69, 9.17) is 0 Å². The smallest absolute Gasteiger partial charge is 0.159 e. The molecule has 0 aromatic heterocycles. The number of hydrogen-bond donors (Lipinski definition) is 1. The lowest BCUT2D eigenvalue weighted by molar-refractivity contribution is 0.101. The van der Waals surface area contributed by atoms with Crippen molar-refractivity contribution in [3.8, 4) is 0 Å². The number of piperazine rings is 1. The number of Topliss-reactive ketones (excluding diaryl/α,β-unsaturated/α-hetero) is 1. The molecule has 0 spiro atoms. The fourth-order valence-corrected chi connectivity index (χ4v) is 3.52. The quantitative estimate of drug-likeness (QED) is 0.872. The first-order valence-electron chi connectivity index (χ1n) is 8.71. The highest BCUT2D eigenvalue weighted by Gasteiger charge is 2.30. The molecule has 3 rings (SSSR count). The van der Waals surface area contributed by atoms with Crippen molar-refractivity contribution in [2.24, 2.45) is 0 Å². The Kier molecular flexibility index (Phi) is 5.12. The molecule has 2 aromatic carbocycles. The third-order valence-electron chi connectivity index (χ3n) is 4.89. The number of ketones is 1. The van der Waals surface area contributed by atoms with Gasteiger partial charge in [0.2, 0.25) is 0 Å². The molecule has 0 bridgehead atoms. The van der Waals surface area contributed by atoms with Gasteiger partial charge in [-0.25, -0.2) is 0 Å². The number of benzene rings is 2. The number of rotatable bonds is 4. The molecule has 1 heterocycles. The molecule has 1 aliphatic rings. The molecule has 126 valence electrons. The Labute approximate surface area is 144 Å². The van der Waals surface area contributed by atoms with Gasteiger partial charge in [0.15, 0.2) is 5.78 Å². The Morgan fingerprint density at radius 3 is 2.29 bits per heavy atom. The van der Waals surface area contributed by atoms with Gasteiger partial charge in [0.25, 0.3) is 0 Å². The van der Waals surface area contributed by atoms with Crippen LogP contribution >= 0.6 is 0 Å². The lowest BCUT2D eigenvalue weighted by atomic mass is 9.93. The maximum absolute atomic E-state index is 11.6. The number of nitrogens with zero attached hydrogens (tertiary/aromatic N) is 1. The highest BCUT2D eigenvalue weighted by Crippen LogP contribution is 2.31. The van der Waals surface area contributed by atoms with E-state index in [1.54, 1.807) is 6.92 Å². The molecule has 1 saturated heterocycles. The van der Waals surface area contributed by atoms with Crippen LogP contribution in [0.2, 0.25) is 0 Å². The molecule has 0 radical (unpaired) electrons. The highest BCUT2D eigenvalue weighted by atomic mass is 16.1. The summed E-state index contributed by atoms with van der Waals surface area (Å²) in [7, 11) is 0. The normalized spacial score (nSPS) is 23.0. The standard InChI is InChI=1S/C21H26N2O/c1-15-14-23(16(2)13-22-15)21(19-7-5-4-6-8-19)20-11-9-18(10-12-20)17(3)24/h4-12,15-16,21-22H,13-14H2,1-3H3/t15-,16+,21-/m1/s1. The highest BCUT2D eigenvalue weighted by molar-refractivity contribution is 5.94. The second-order valence-corrected chi connectivity index (χ2v) is 6.85. The topological polar surface area (TPSA) is 32.3 Å². The summed E-state index contributed by atoms with van der Waals surface area (Å²) in [5, 5.41) is 3.56. The van der Waals surface area contributed by atoms with Gasteiger partial charge in [0.05, 0.1) is 6.04 Å². The monoisotopic (exact) mass is 322 g/mol. The zero-order valence-corrected chi connectivity index (χ0v) is 14.7. The van der Waals surface area contributed by atoms with Crippen molar-refractivity contribution < 1.29 is 4.79 Å². The molecule has 1 N–H and O–H groups in total. The van der Waals surface area contributed by atoms with Crippen molar-refractivity contribution in [1.82, 2.24) is 10.2 Å². The third-order valence-corrected chi connectivity index (χ3v) is 4.89. The molecule has 0 aliphatic carbocycles. The first kappa shape index (κ1) is 16.9. The van der Waals surface area contributed by atoms with Crippen LogP contribution in [0.15, 0.2) is 54.6 Å². The summed E-state index contributed by atoms with van der Waals surface area (Å²) in [6.45, 7) is 8.13. The number of nitrogens with one attached hydrogen (secondary N) is 1. The van der Waals surface area contributed by atoms with E-state index >= 15 is 0 Å². The summed E-state index contributed by atoms with van der Waals surface area (Å²) in [4.78, 5) is 14.1. The van der Waals surface area contributed by atoms with E-state index in [1.807, 2.05) is 12.1 Å². The van der Waals surface area contributed by atoms with Crippen LogP contribution in [0.25, 0.3) is 0 Å². The van der Waals surface area contributed by atoms with E-state index in [-0.39, 0.29) is 11.8 Å². The molecule has 3 heteroatoms. The molecule has 1 aliphatic heterocycles. The van der Waals surface area contributed by atoms with Gasteiger partial charge in [0.1, 0.15) is 0 Å². The van der Waals surface area contributed by atoms with E-state index < -0.39 is 0 Å². The van der Waals surface area contributed by atoms with Crippen molar-refractivity contribution in [3.05, 3.63) is 71.3 Å². The summed E-state index contributed by atoms with van der Waals surface area (Å²) in [5.41, 5.74) is 3.31. The summed E-state index contributed by atoms with van der Waals surface area (Å²) in [6.07, 6.45) is 0. The van der Waals surface area contributed by atoms with Crippen LogP contribution in [0.1, 0.15) is 48.3 Å². The van der Waals surface area contributed by atoms with Gasteiger partial charge in [-0.2, -0.15) is 0 Å². The Morgan fingerprint density at radius 1 is 1.04 bits per heavy atom. The van der Waals surface area contributed by atoms with Gasteiger partial charge >= 0.3 is 0 Å². The molecule has 0 amide bonds.